The van der Waals surface area contributed by atoms with E-state index in [-0.39, 0.29) is 0 Å². The third-order valence-corrected chi connectivity index (χ3v) is 2.73. The first-order chi connectivity index (χ1) is 8.76. The molecule has 0 saturated carbocycles. The van der Waals surface area contributed by atoms with Crippen LogP contribution in [0.15, 0.2) is 6.20 Å². The van der Waals surface area contributed by atoms with E-state index in [1.165, 1.54) is 13.8 Å². The molecule has 1 aromatic rings. The minimum absolute atomic E-state index is 0.318. The van der Waals surface area contributed by atoms with Crippen LogP contribution in [-0.4, -0.2) is 32.4 Å². The van der Waals surface area contributed by atoms with Crippen molar-refractivity contribution < 1.29 is 14.7 Å². The molecule has 0 saturated heterocycles. The quantitative estimate of drug-likeness (QED) is 0.730. The summed E-state index contributed by atoms with van der Waals surface area (Å²) in [5.74, 6) is -1.08. The zero-order chi connectivity index (χ0) is 14.6. The van der Waals surface area contributed by atoms with Gasteiger partial charge in [0.1, 0.15) is 5.54 Å². The van der Waals surface area contributed by atoms with Gasteiger partial charge in [-0.05, 0) is 20.3 Å². The summed E-state index contributed by atoms with van der Waals surface area (Å²) in [6.07, 6.45) is 2.61. The van der Waals surface area contributed by atoms with Gasteiger partial charge >= 0.3 is 12.0 Å². The number of hydrogen-bond donors (Lipinski definition) is 3. The second kappa shape index (κ2) is 5.73. The number of carboxylic acid groups (broad SMARTS) is 1. The number of rotatable bonds is 5. The Kier molecular flexibility index (Phi) is 4.52. The lowest BCUT2D eigenvalue weighted by atomic mass is 10.1. The molecule has 0 atom stereocenters. The average molecular weight is 268 g/mol. The summed E-state index contributed by atoms with van der Waals surface area (Å²) >= 11 is 0. The summed E-state index contributed by atoms with van der Waals surface area (Å²) in [6, 6.07) is -0.515. The molecule has 0 radical (unpaired) electrons. The summed E-state index contributed by atoms with van der Waals surface area (Å²) in [4.78, 5) is 22.5. The maximum Gasteiger partial charge on any atom is 0.328 e. The van der Waals surface area contributed by atoms with Crippen molar-refractivity contribution in [3.05, 3.63) is 17.5 Å². The third-order valence-electron chi connectivity index (χ3n) is 2.73. The van der Waals surface area contributed by atoms with Crippen molar-refractivity contribution in [1.82, 2.24) is 20.4 Å². The normalized spacial score (nSPS) is 11.2. The maximum absolute atomic E-state index is 11.6. The molecule has 0 unspecified atom stereocenters. The Morgan fingerprint density at radius 2 is 2.11 bits per heavy atom. The molecule has 1 heterocycles. The van der Waals surface area contributed by atoms with E-state index < -0.39 is 17.5 Å². The second-order valence-corrected chi connectivity index (χ2v) is 4.87. The molecule has 0 aromatic carbocycles. The third kappa shape index (κ3) is 3.97. The van der Waals surface area contributed by atoms with Gasteiger partial charge in [0.25, 0.3) is 0 Å². The molecule has 1 rings (SSSR count). The Morgan fingerprint density at radius 3 is 2.63 bits per heavy atom. The number of nitrogens with zero attached hydrogens (tertiary/aromatic N) is 2. The number of carbonyl (C=O) groups excluding carboxylic acids is 1. The molecule has 2 amide bonds. The lowest BCUT2D eigenvalue weighted by molar-refractivity contribution is -0.142. The van der Waals surface area contributed by atoms with Gasteiger partial charge in [-0.2, -0.15) is 5.10 Å². The summed E-state index contributed by atoms with van der Waals surface area (Å²) in [6.45, 7) is 5.16. The van der Waals surface area contributed by atoms with Crippen LogP contribution in [0.25, 0.3) is 0 Å². The van der Waals surface area contributed by atoms with Crippen LogP contribution in [0.1, 0.15) is 32.0 Å². The first-order valence-corrected chi connectivity index (χ1v) is 6.07. The van der Waals surface area contributed by atoms with Gasteiger partial charge in [-0.25, -0.2) is 9.59 Å². The molecule has 19 heavy (non-hydrogen) atoms. The molecule has 1 aromatic heterocycles. The highest BCUT2D eigenvalue weighted by Gasteiger charge is 2.28. The van der Waals surface area contributed by atoms with Crippen LogP contribution in [0, 0.1) is 0 Å². The van der Waals surface area contributed by atoms with Gasteiger partial charge < -0.3 is 15.7 Å². The Labute approximate surface area is 112 Å². The van der Waals surface area contributed by atoms with E-state index in [1.807, 2.05) is 20.2 Å². The van der Waals surface area contributed by atoms with Gasteiger partial charge in [0.15, 0.2) is 0 Å². The van der Waals surface area contributed by atoms with Gasteiger partial charge in [-0.3, -0.25) is 4.68 Å². The molecule has 0 bridgehead atoms. The molecule has 7 heteroatoms. The van der Waals surface area contributed by atoms with E-state index in [0.717, 1.165) is 17.7 Å². The second-order valence-electron chi connectivity index (χ2n) is 4.87. The zero-order valence-corrected chi connectivity index (χ0v) is 11.6. The molecular weight excluding hydrogens is 248 g/mol. The number of carbonyl (C=O) groups is 2. The van der Waals surface area contributed by atoms with Crippen LogP contribution in [0.5, 0.6) is 0 Å². The maximum atomic E-state index is 11.6. The minimum Gasteiger partial charge on any atom is -0.480 e. The Hall–Kier alpha value is -2.05. The van der Waals surface area contributed by atoms with E-state index >= 15 is 0 Å². The SMILES string of the molecule is CCc1nn(C)cc1CNC(=O)NC(C)(C)C(=O)O. The fourth-order valence-corrected chi connectivity index (χ4v) is 1.59. The van der Waals surface area contributed by atoms with Crippen LogP contribution in [-0.2, 0) is 24.8 Å². The number of aromatic nitrogens is 2. The monoisotopic (exact) mass is 268 g/mol. The number of carboxylic acids is 1. The largest absolute Gasteiger partial charge is 0.480 e. The molecular formula is C12H20N4O3. The van der Waals surface area contributed by atoms with Crippen molar-refractivity contribution in [2.24, 2.45) is 7.05 Å². The fraction of sp³-hybridized carbons (Fsp3) is 0.583. The fourth-order valence-electron chi connectivity index (χ4n) is 1.59. The topological polar surface area (TPSA) is 96.3 Å². The van der Waals surface area contributed by atoms with Gasteiger partial charge in [0, 0.05) is 25.4 Å². The van der Waals surface area contributed by atoms with Crippen molar-refractivity contribution in [2.75, 3.05) is 0 Å². The summed E-state index contributed by atoms with van der Waals surface area (Å²) in [7, 11) is 1.82. The molecule has 0 aliphatic rings. The molecule has 106 valence electrons. The average Bonchev–Trinajstić information content (AvgIpc) is 2.66. The van der Waals surface area contributed by atoms with Crippen LogP contribution >= 0.6 is 0 Å². The Morgan fingerprint density at radius 1 is 1.47 bits per heavy atom. The highest BCUT2D eigenvalue weighted by atomic mass is 16.4. The lowest BCUT2D eigenvalue weighted by Crippen LogP contribution is -2.53. The van der Waals surface area contributed by atoms with Crippen molar-refractivity contribution in [2.45, 2.75) is 39.3 Å². The number of hydrogen-bond acceptors (Lipinski definition) is 3. The molecule has 0 spiro atoms. The number of urea groups is 1. The first kappa shape index (κ1) is 15.0. The number of aryl methyl sites for hydroxylation is 2. The number of aliphatic carboxylic acids is 1. The van der Waals surface area contributed by atoms with Crippen LogP contribution < -0.4 is 10.6 Å². The van der Waals surface area contributed by atoms with E-state index in [0.29, 0.717) is 6.54 Å². The van der Waals surface area contributed by atoms with Gasteiger partial charge in [0.2, 0.25) is 0 Å². The molecule has 0 aliphatic heterocycles. The lowest BCUT2D eigenvalue weighted by Gasteiger charge is -2.21. The van der Waals surface area contributed by atoms with Crippen LogP contribution in [0.3, 0.4) is 0 Å². The van der Waals surface area contributed by atoms with E-state index in [9.17, 15) is 9.59 Å². The standard InChI is InChI=1S/C12H20N4O3/c1-5-9-8(7-16(4)15-9)6-13-11(19)14-12(2,3)10(17)18/h7H,5-6H2,1-4H3,(H,17,18)(H2,13,14,19). The summed E-state index contributed by atoms with van der Waals surface area (Å²) in [5.41, 5.74) is 0.542. The Balaban J connectivity index is 2.57. The van der Waals surface area contributed by atoms with Crippen molar-refractivity contribution in [1.29, 1.82) is 0 Å². The first-order valence-electron chi connectivity index (χ1n) is 6.07. The predicted octanol–water partition coefficient (Wildman–Crippen LogP) is 0.645. The number of amides is 2. The van der Waals surface area contributed by atoms with Gasteiger partial charge in [-0.1, -0.05) is 6.92 Å². The van der Waals surface area contributed by atoms with Gasteiger partial charge in [0.05, 0.1) is 5.69 Å². The summed E-state index contributed by atoms with van der Waals surface area (Å²) < 4.78 is 1.69. The van der Waals surface area contributed by atoms with E-state index in [4.69, 9.17) is 5.11 Å². The predicted molar refractivity (Wildman–Crippen MR) is 69.7 cm³/mol. The molecule has 7 nitrogen and oxygen atoms in total. The van der Waals surface area contributed by atoms with Crippen LogP contribution in [0.2, 0.25) is 0 Å². The zero-order valence-electron chi connectivity index (χ0n) is 11.6. The molecule has 0 aliphatic carbocycles. The van der Waals surface area contributed by atoms with Crippen LogP contribution in [0.4, 0.5) is 4.79 Å². The van der Waals surface area contributed by atoms with E-state index in [2.05, 4.69) is 15.7 Å². The smallest absolute Gasteiger partial charge is 0.328 e. The highest BCUT2D eigenvalue weighted by molar-refractivity contribution is 5.85. The number of nitrogens with one attached hydrogen (secondary N) is 2. The van der Waals surface area contributed by atoms with Crippen molar-refractivity contribution >= 4 is 12.0 Å². The minimum atomic E-state index is -1.30. The van der Waals surface area contributed by atoms with Crippen molar-refractivity contribution in [3.63, 3.8) is 0 Å². The highest BCUT2D eigenvalue weighted by Crippen LogP contribution is 2.07. The molecule has 0 fully saturated rings. The van der Waals surface area contributed by atoms with Crippen molar-refractivity contribution in [3.8, 4) is 0 Å². The Bertz CT molecular complexity index is 479. The molecule has 3 N–H and O–H groups in total. The van der Waals surface area contributed by atoms with Gasteiger partial charge in [-0.15, -0.1) is 0 Å². The summed E-state index contributed by atoms with van der Waals surface area (Å²) in [5, 5.41) is 18.2. The van der Waals surface area contributed by atoms with E-state index in [1.54, 1.807) is 4.68 Å².